The second-order valence-electron chi connectivity index (χ2n) is 6.37. The summed E-state index contributed by atoms with van der Waals surface area (Å²) in [4.78, 5) is 25.1. The van der Waals surface area contributed by atoms with Crippen molar-refractivity contribution in [2.45, 2.75) is 25.5 Å². The summed E-state index contributed by atoms with van der Waals surface area (Å²) in [6.07, 6.45) is 1.68. The van der Waals surface area contributed by atoms with Crippen LogP contribution in [0.1, 0.15) is 28.8 Å². The maximum absolute atomic E-state index is 13.2. The Bertz CT molecular complexity index is 838. The lowest BCUT2D eigenvalue weighted by Crippen LogP contribution is -2.37. The van der Waals surface area contributed by atoms with Crippen LogP contribution in [0.3, 0.4) is 0 Å². The van der Waals surface area contributed by atoms with Crippen LogP contribution >= 0.6 is 11.6 Å². The van der Waals surface area contributed by atoms with Crippen molar-refractivity contribution < 1.29 is 18.8 Å². The first kappa shape index (κ1) is 19.3. The number of hydrogen-bond donors (Lipinski definition) is 0. The van der Waals surface area contributed by atoms with Gasteiger partial charge in [-0.15, -0.1) is 0 Å². The highest BCUT2D eigenvalue weighted by Crippen LogP contribution is 2.26. The lowest BCUT2D eigenvalue weighted by atomic mass is 10.1. The summed E-state index contributed by atoms with van der Waals surface area (Å²) in [6, 6.07) is 9.86. The van der Waals surface area contributed by atoms with Crippen LogP contribution in [0.5, 0.6) is 0 Å². The molecule has 0 radical (unpaired) electrons. The summed E-state index contributed by atoms with van der Waals surface area (Å²) in [5.74, 6) is -0.723. The van der Waals surface area contributed by atoms with Crippen LogP contribution in [0.15, 0.2) is 42.5 Å². The highest BCUT2D eigenvalue weighted by atomic mass is 35.5. The first-order chi connectivity index (χ1) is 12.9. The fourth-order valence-electron chi connectivity index (χ4n) is 3.03. The summed E-state index contributed by atoms with van der Waals surface area (Å²) in [5.41, 5.74) is 0.610. The minimum Gasteiger partial charge on any atom is -0.376 e. The molecule has 2 aromatic carbocycles. The average molecular weight is 393 g/mol. The van der Waals surface area contributed by atoms with Crippen LogP contribution in [0.25, 0.3) is 0 Å². The molecular formula is C19H18ClFN2O4. The second kappa shape index (κ2) is 8.45. The van der Waals surface area contributed by atoms with E-state index >= 15 is 0 Å². The number of nitro groups is 1. The molecule has 1 saturated heterocycles. The van der Waals surface area contributed by atoms with Crippen molar-refractivity contribution in [1.29, 1.82) is 0 Å². The maximum atomic E-state index is 13.2. The summed E-state index contributed by atoms with van der Waals surface area (Å²) in [7, 11) is 0. The molecule has 142 valence electrons. The Morgan fingerprint density at radius 1 is 1.30 bits per heavy atom. The van der Waals surface area contributed by atoms with E-state index in [1.54, 1.807) is 17.0 Å². The van der Waals surface area contributed by atoms with Gasteiger partial charge in [0, 0.05) is 31.3 Å². The molecular weight excluding hydrogens is 375 g/mol. The van der Waals surface area contributed by atoms with Crippen LogP contribution in [0.4, 0.5) is 10.1 Å². The number of carbonyl (C=O) groups is 1. The normalized spacial score (nSPS) is 16.3. The van der Waals surface area contributed by atoms with Crippen molar-refractivity contribution in [2.24, 2.45) is 0 Å². The van der Waals surface area contributed by atoms with Crippen molar-refractivity contribution in [3.8, 4) is 0 Å². The van der Waals surface area contributed by atoms with Crippen molar-refractivity contribution >= 4 is 23.2 Å². The minimum absolute atomic E-state index is 0.0271. The molecule has 6 nitrogen and oxygen atoms in total. The van der Waals surface area contributed by atoms with Gasteiger partial charge in [0.15, 0.2) is 0 Å². The Kier molecular flexibility index (Phi) is 6.03. The zero-order valence-corrected chi connectivity index (χ0v) is 15.2. The van der Waals surface area contributed by atoms with Gasteiger partial charge in [-0.05, 0) is 42.7 Å². The second-order valence-corrected chi connectivity index (χ2v) is 6.78. The molecule has 0 aromatic heterocycles. The van der Waals surface area contributed by atoms with Crippen molar-refractivity contribution in [3.63, 3.8) is 0 Å². The van der Waals surface area contributed by atoms with Gasteiger partial charge in [-0.25, -0.2) is 4.39 Å². The van der Waals surface area contributed by atoms with Crippen molar-refractivity contribution in [3.05, 3.63) is 74.5 Å². The van der Waals surface area contributed by atoms with E-state index in [4.69, 9.17) is 16.3 Å². The molecule has 3 rings (SSSR count). The third-order valence-electron chi connectivity index (χ3n) is 4.41. The number of nitrogens with zero attached hydrogens (tertiary/aromatic N) is 2. The lowest BCUT2D eigenvalue weighted by molar-refractivity contribution is -0.384. The van der Waals surface area contributed by atoms with Gasteiger partial charge in [0.1, 0.15) is 10.8 Å². The molecule has 0 saturated carbocycles. The van der Waals surface area contributed by atoms with Gasteiger partial charge in [-0.3, -0.25) is 14.9 Å². The lowest BCUT2D eigenvalue weighted by Gasteiger charge is -2.26. The molecule has 0 bridgehead atoms. The first-order valence-corrected chi connectivity index (χ1v) is 8.91. The molecule has 27 heavy (non-hydrogen) atoms. The Balaban J connectivity index is 1.86. The third kappa shape index (κ3) is 4.81. The van der Waals surface area contributed by atoms with E-state index in [9.17, 15) is 19.3 Å². The highest BCUT2D eigenvalue weighted by Gasteiger charge is 2.25. The number of halogens is 2. The van der Waals surface area contributed by atoms with E-state index in [0.29, 0.717) is 13.2 Å². The van der Waals surface area contributed by atoms with Crippen LogP contribution in [-0.4, -0.2) is 35.0 Å². The van der Waals surface area contributed by atoms with Gasteiger partial charge in [0.05, 0.1) is 11.0 Å². The molecule has 1 atom stereocenters. The van der Waals surface area contributed by atoms with Gasteiger partial charge >= 0.3 is 0 Å². The molecule has 1 amide bonds. The van der Waals surface area contributed by atoms with Gasteiger partial charge in [0.25, 0.3) is 11.6 Å². The van der Waals surface area contributed by atoms with Crippen molar-refractivity contribution in [2.75, 3.05) is 13.2 Å². The largest absolute Gasteiger partial charge is 0.376 e. The van der Waals surface area contributed by atoms with E-state index in [1.165, 1.54) is 30.3 Å². The minimum atomic E-state index is -0.622. The van der Waals surface area contributed by atoms with E-state index in [1.807, 2.05) is 0 Å². The Morgan fingerprint density at radius 3 is 2.67 bits per heavy atom. The number of ether oxygens (including phenoxy) is 1. The highest BCUT2D eigenvalue weighted by molar-refractivity contribution is 6.32. The van der Waals surface area contributed by atoms with E-state index in [-0.39, 0.29) is 40.6 Å². The Morgan fingerprint density at radius 2 is 2.04 bits per heavy atom. The summed E-state index contributed by atoms with van der Waals surface area (Å²) >= 11 is 5.84. The summed E-state index contributed by atoms with van der Waals surface area (Å²) in [5, 5.41) is 11.1. The molecule has 8 heteroatoms. The zero-order valence-electron chi connectivity index (χ0n) is 14.4. The first-order valence-electron chi connectivity index (χ1n) is 8.53. The zero-order chi connectivity index (χ0) is 19.4. The maximum Gasteiger partial charge on any atom is 0.288 e. The number of benzene rings is 2. The number of rotatable bonds is 6. The Labute approximate surface area is 160 Å². The summed E-state index contributed by atoms with van der Waals surface area (Å²) < 4.78 is 18.8. The molecule has 1 fully saturated rings. The van der Waals surface area contributed by atoms with Crippen molar-refractivity contribution in [1.82, 2.24) is 4.90 Å². The number of carbonyl (C=O) groups excluding carboxylic acids is 1. The van der Waals surface area contributed by atoms with Crippen LogP contribution in [0.2, 0.25) is 5.02 Å². The molecule has 0 aliphatic carbocycles. The average Bonchev–Trinajstić information content (AvgIpc) is 3.15. The van der Waals surface area contributed by atoms with Gasteiger partial charge in [0.2, 0.25) is 0 Å². The quantitative estimate of drug-likeness (QED) is 0.545. The molecule has 1 heterocycles. The Hall–Kier alpha value is -2.51. The molecule has 0 spiro atoms. The molecule has 1 unspecified atom stereocenters. The van der Waals surface area contributed by atoms with E-state index in [2.05, 4.69) is 0 Å². The van der Waals surface area contributed by atoms with Crippen LogP contribution in [-0.2, 0) is 11.3 Å². The SMILES string of the molecule is O=C(c1ccc(Cl)c([N+](=O)[O-])c1)N(Cc1ccc(F)cc1)CC1CCCO1. The fraction of sp³-hybridized carbons (Fsp3) is 0.316. The molecule has 2 aromatic rings. The molecule has 1 aliphatic rings. The standard InChI is InChI=1S/C19H18ClFN2O4/c20-17-8-5-14(10-18(17)23(25)26)19(24)22(12-16-2-1-9-27-16)11-13-3-6-15(21)7-4-13/h3-8,10,16H,1-2,9,11-12H2. The van der Waals surface area contributed by atoms with Crippen LogP contribution in [0, 0.1) is 15.9 Å². The van der Waals surface area contributed by atoms with Gasteiger partial charge < -0.3 is 9.64 Å². The molecule has 0 N–H and O–H groups in total. The predicted molar refractivity (Wildman–Crippen MR) is 98.2 cm³/mol. The van der Waals surface area contributed by atoms with Crippen LogP contribution < -0.4 is 0 Å². The predicted octanol–water partition coefficient (Wildman–Crippen LogP) is 4.21. The van der Waals surface area contributed by atoms with E-state index < -0.39 is 4.92 Å². The van der Waals surface area contributed by atoms with E-state index in [0.717, 1.165) is 18.4 Å². The molecule has 1 aliphatic heterocycles. The summed E-state index contributed by atoms with van der Waals surface area (Å²) in [6.45, 7) is 1.25. The van der Waals surface area contributed by atoms with Gasteiger partial charge in [-0.2, -0.15) is 0 Å². The topological polar surface area (TPSA) is 72.7 Å². The smallest absolute Gasteiger partial charge is 0.288 e. The number of amides is 1. The number of nitro benzene ring substituents is 1. The monoisotopic (exact) mass is 392 g/mol. The fourth-order valence-corrected chi connectivity index (χ4v) is 3.22. The number of hydrogen-bond acceptors (Lipinski definition) is 4. The van der Waals surface area contributed by atoms with Gasteiger partial charge in [-0.1, -0.05) is 23.7 Å². The third-order valence-corrected chi connectivity index (χ3v) is 4.73.